The molecule has 206 valence electrons. The van der Waals surface area contributed by atoms with Crippen LogP contribution in [0.15, 0.2) is 59.1 Å². The number of oxazole rings is 1. The van der Waals surface area contributed by atoms with Crippen LogP contribution >= 0.6 is 0 Å². The average Bonchev–Trinajstić information content (AvgIpc) is 3.36. The molecule has 3 aromatic rings. The van der Waals surface area contributed by atoms with Crippen LogP contribution in [-0.2, 0) is 9.59 Å². The molecule has 0 fully saturated rings. The molecule has 2 aromatic carbocycles. The monoisotopic (exact) mass is 537 g/mol. The summed E-state index contributed by atoms with van der Waals surface area (Å²) in [5.74, 6) is -0.540. The second kappa shape index (κ2) is 12.6. The van der Waals surface area contributed by atoms with Gasteiger partial charge in [-0.05, 0) is 60.4 Å². The Balaban J connectivity index is 1.65. The van der Waals surface area contributed by atoms with Gasteiger partial charge in [0.2, 0.25) is 17.7 Å². The number of hydrogen-bond donors (Lipinski definition) is 6. The predicted octanol–water partition coefficient (Wildman–Crippen LogP) is 4.47. The van der Waals surface area contributed by atoms with Crippen LogP contribution in [0.2, 0.25) is 0 Å². The molecule has 39 heavy (non-hydrogen) atoms. The van der Waals surface area contributed by atoms with Gasteiger partial charge in [0.05, 0.1) is 6.20 Å². The summed E-state index contributed by atoms with van der Waals surface area (Å²) in [6.45, 7) is 6.98. The van der Waals surface area contributed by atoms with Crippen molar-refractivity contribution in [1.82, 2.24) is 15.6 Å². The number of hydrogen-bond acceptors (Lipinski definition) is 6. The van der Waals surface area contributed by atoms with Crippen LogP contribution in [0, 0.1) is 11.8 Å². The maximum atomic E-state index is 12.5. The van der Waals surface area contributed by atoms with Gasteiger partial charge >= 0.3 is 12.2 Å². The maximum absolute atomic E-state index is 12.5. The van der Waals surface area contributed by atoms with Crippen molar-refractivity contribution >= 4 is 35.4 Å². The molecule has 0 unspecified atom stereocenters. The lowest BCUT2D eigenvalue weighted by Crippen LogP contribution is -2.46. The third kappa shape index (κ3) is 7.81. The number of carbonyl (C=O) groups is 4. The van der Waals surface area contributed by atoms with Gasteiger partial charge in [-0.15, -0.1) is 0 Å². The van der Waals surface area contributed by atoms with E-state index in [0.29, 0.717) is 34.2 Å². The fourth-order valence-corrected chi connectivity index (χ4v) is 3.73. The number of carbonyl (C=O) groups excluding carboxylic acids is 2. The summed E-state index contributed by atoms with van der Waals surface area (Å²) in [4.78, 5) is 51.2. The number of aromatic nitrogens is 1. The summed E-state index contributed by atoms with van der Waals surface area (Å²) in [6.07, 6.45) is -0.978. The number of anilines is 2. The summed E-state index contributed by atoms with van der Waals surface area (Å²) in [5.41, 5.74) is 2.37. The molecule has 3 rings (SSSR count). The van der Waals surface area contributed by atoms with E-state index in [1.54, 1.807) is 82.4 Å². The largest absolute Gasteiger partial charge is 0.465 e. The summed E-state index contributed by atoms with van der Waals surface area (Å²) in [7, 11) is 0. The lowest BCUT2D eigenvalue weighted by molar-refractivity contribution is -0.119. The quantitative estimate of drug-likeness (QED) is 0.219. The van der Waals surface area contributed by atoms with E-state index in [4.69, 9.17) is 14.6 Å². The number of nitrogens with zero attached hydrogens (tertiary/aromatic N) is 1. The van der Waals surface area contributed by atoms with Crippen LogP contribution in [0.4, 0.5) is 21.0 Å². The van der Waals surface area contributed by atoms with Gasteiger partial charge < -0.3 is 35.9 Å². The van der Waals surface area contributed by atoms with E-state index < -0.39 is 36.1 Å². The number of carboxylic acid groups (broad SMARTS) is 2. The van der Waals surface area contributed by atoms with Crippen molar-refractivity contribution in [3.05, 3.63) is 54.7 Å². The minimum atomic E-state index is -1.27. The molecule has 0 aliphatic rings. The summed E-state index contributed by atoms with van der Waals surface area (Å²) in [6, 6.07) is 11.8. The van der Waals surface area contributed by atoms with Crippen molar-refractivity contribution in [1.29, 1.82) is 0 Å². The van der Waals surface area contributed by atoms with E-state index in [-0.39, 0.29) is 11.8 Å². The van der Waals surface area contributed by atoms with Gasteiger partial charge in [0.25, 0.3) is 0 Å². The summed E-state index contributed by atoms with van der Waals surface area (Å²) >= 11 is 0. The first-order valence-electron chi connectivity index (χ1n) is 12.2. The lowest BCUT2D eigenvalue weighted by atomic mass is 10.0. The molecule has 0 aliphatic heterocycles. The highest BCUT2D eigenvalue weighted by Crippen LogP contribution is 2.28. The van der Waals surface area contributed by atoms with Gasteiger partial charge in [-0.2, -0.15) is 0 Å². The van der Waals surface area contributed by atoms with Gasteiger partial charge in [-0.3, -0.25) is 9.59 Å². The topological polar surface area (TPSA) is 183 Å². The highest BCUT2D eigenvalue weighted by atomic mass is 16.4. The van der Waals surface area contributed by atoms with Gasteiger partial charge in [-0.1, -0.05) is 27.7 Å². The van der Waals surface area contributed by atoms with E-state index in [1.165, 1.54) is 0 Å². The SMILES string of the molecule is CC(C)[C@H](NC(=O)O)C(=O)Nc1ccc(-c2cnc(-c3ccc(NC(=O)[C@@H](NC(=O)O)C(C)C)cc3)o2)cc1. The zero-order valence-electron chi connectivity index (χ0n) is 21.9. The smallest absolute Gasteiger partial charge is 0.405 e. The average molecular weight is 538 g/mol. The van der Waals surface area contributed by atoms with E-state index >= 15 is 0 Å². The zero-order valence-corrected chi connectivity index (χ0v) is 21.9. The van der Waals surface area contributed by atoms with E-state index in [0.717, 1.165) is 0 Å². The van der Waals surface area contributed by atoms with Gasteiger partial charge in [0.1, 0.15) is 12.1 Å². The highest BCUT2D eigenvalue weighted by Gasteiger charge is 2.25. The number of rotatable bonds is 10. The van der Waals surface area contributed by atoms with Gasteiger partial charge in [-0.25, -0.2) is 14.6 Å². The van der Waals surface area contributed by atoms with Crippen LogP contribution in [0.25, 0.3) is 22.8 Å². The summed E-state index contributed by atoms with van der Waals surface area (Å²) in [5, 5.41) is 27.8. The first-order chi connectivity index (χ1) is 18.4. The van der Waals surface area contributed by atoms with Gasteiger partial charge in [0.15, 0.2) is 5.76 Å². The molecule has 0 aliphatic carbocycles. The Morgan fingerprint density at radius 2 is 1.10 bits per heavy atom. The Morgan fingerprint density at radius 1 is 0.692 bits per heavy atom. The zero-order chi connectivity index (χ0) is 28.7. The molecule has 0 saturated heterocycles. The summed E-state index contributed by atoms with van der Waals surface area (Å²) < 4.78 is 5.89. The first-order valence-corrected chi connectivity index (χ1v) is 12.2. The number of amides is 4. The maximum Gasteiger partial charge on any atom is 0.405 e. The van der Waals surface area contributed by atoms with Crippen LogP contribution in [0.5, 0.6) is 0 Å². The lowest BCUT2D eigenvalue weighted by Gasteiger charge is -2.20. The molecule has 1 aromatic heterocycles. The van der Waals surface area contributed by atoms with Crippen molar-refractivity contribution in [2.45, 2.75) is 39.8 Å². The predicted molar refractivity (Wildman–Crippen MR) is 144 cm³/mol. The molecule has 0 bridgehead atoms. The minimum Gasteiger partial charge on any atom is -0.465 e. The van der Waals surface area contributed by atoms with Gasteiger partial charge in [0, 0.05) is 22.5 Å². The van der Waals surface area contributed by atoms with E-state index in [1.807, 2.05) is 0 Å². The second-order valence-corrected chi connectivity index (χ2v) is 9.51. The van der Waals surface area contributed by atoms with Crippen LogP contribution in [0.1, 0.15) is 27.7 Å². The second-order valence-electron chi connectivity index (χ2n) is 9.51. The van der Waals surface area contributed by atoms with Crippen molar-refractivity contribution in [2.75, 3.05) is 10.6 Å². The normalized spacial score (nSPS) is 12.5. The molecular formula is C27H31N5O7. The molecular weight excluding hydrogens is 506 g/mol. The third-order valence-corrected chi connectivity index (χ3v) is 5.80. The van der Waals surface area contributed by atoms with E-state index in [2.05, 4.69) is 26.3 Å². The molecule has 0 spiro atoms. The fraction of sp³-hybridized carbons (Fsp3) is 0.296. The Kier molecular flexibility index (Phi) is 9.26. The molecule has 2 atom stereocenters. The van der Waals surface area contributed by atoms with Crippen LogP contribution in [0.3, 0.4) is 0 Å². The molecule has 0 radical (unpaired) electrons. The third-order valence-electron chi connectivity index (χ3n) is 5.80. The molecule has 1 heterocycles. The standard InChI is InChI=1S/C27H31N5O7/c1-14(2)21(31-26(35)36)23(33)29-18-9-5-16(6-10-18)20-13-28-25(39-20)17-7-11-19(12-8-17)30-24(34)22(15(3)4)32-27(37)38/h5-15,21-22,31-32H,1-4H3,(H,29,33)(H,30,34)(H,35,36)(H,37,38)/t21-,22-/m0/s1. The molecule has 4 amide bonds. The van der Waals surface area contributed by atoms with Crippen LogP contribution in [-0.4, -0.2) is 51.3 Å². The number of nitrogens with one attached hydrogen (secondary N) is 4. The minimum absolute atomic E-state index is 0.232. The van der Waals surface area contributed by atoms with E-state index in [9.17, 15) is 19.2 Å². The van der Waals surface area contributed by atoms with Crippen molar-refractivity contribution in [3.63, 3.8) is 0 Å². The van der Waals surface area contributed by atoms with Crippen molar-refractivity contribution in [2.24, 2.45) is 11.8 Å². The Hall–Kier alpha value is -4.87. The van der Waals surface area contributed by atoms with Crippen molar-refractivity contribution in [3.8, 4) is 22.8 Å². The molecule has 12 heteroatoms. The van der Waals surface area contributed by atoms with Crippen LogP contribution < -0.4 is 21.3 Å². The Morgan fingerprint density at radius 3 is 1.49 bits per heavy atom. The molecule has 6 N–H and O–H groups in total. The van der Waals surface area contributed by atoms with Crippen molar-refractivity contribution < 1.29 is 33.8 Å². The molecule has 12 nitrogen and oxygen atoms in total. The fourth-order valence-electron chi connectivity index (χ4n) is 3.73. The number of benzene rings is 2. The highest BCUT2D eigenvalue weighted by molar-refractivity contribution is 5.97. The Bertz CT molecular complexity index is 1220. The first kappa shape index (κ1) is 28.7. The molecule has 0 saturated carbocycles. The Labute approximate surface area is 224 Å².